The number of hydrogen-bond donors (Lipinski definition) is 7. The first-order valence-corrected chi connectivity index (χ1v) is 12.2. The van der Waals surface area contributed by atoms with Gasteiger partial charge in [0.2, 0.25) is 17.7 Å². The van der Waals surface area contributed by atoms with E-state index in [0.717, 1.165) is 0 Å². The molecule has 0 aliphatic rings. The van der Waals surface area contributed by atoms with Crippen molar-refractivity contribution < 1.29 is 39.3 Å². The van der Waals surface area contributed by atoms with E-state index < -0.39 is 72.1 Å². The largest absolute Gasteiger partial charge is 0.508 e. The molecule has 1 aromatic carbocycles. The Bertz CT molecular complexity index is 953. The molecule has 0 aliphatic carbocycles. The van der Waals surface area contributed by atoms with E-state index in [4.69, 9.17) is 5.73 Å². The fraction of sp³-hybridized carbons (Fsp3) is 0.560. The average Bonchev–Trinajstić information content (AvgIpc) is 2.84. The number of carbonyl (C=O) groups excluding carboxylic acids is 3. The van der Waals surface area contributed by atoms with Crippen molar-refractivity contribution in [2.45, 2.75) is 77.5 Å². The molecule has 3 amide bonds. The van der Waals surface area contributed by atoms with Crippen molar-refractivity contribution in [3.05, 3.63) is 29.8 Å². The number of aromatic hydroxyl groups is 1. The van der Waals surface area contributed by atoms with Crippen LogP contribution >= 0.6 is 0 Å². The Morgan fingerprint density at radius 2 is 1.32 bits per heavy atom. The second-order valence-electron chi connectivity index (χ2n) is 9.22. The molecule has 37 heavy (non-hydrogen) atoms. The summed E-state index contributed by atoms with van der Waals surface area (Å²) in [7, 11) is 0. The van der Waals surface area contributed by atoms with Crippen LogP contribution in [0.2, 0.25) is 0 Å². The van der Waals surface area contributed by atoms with Gasteiger partial charge in [-0.05, 0) is 36.0 Å². The third-order valence-corrected chi connectivity index (χ3v) is 6.31. The number of amides is 3. The number of carbonyl (C=O) groups is 5. The minimum atomic E-state index is -1.56. The molecule has 0 fully saturated rings. The molecule has 0 heterocycles. The number of phenolic OH excluding ortho intramolecular Hbond substituents is 1. The van der Waals surface area contributed by atoms with Crippen LogP contribution in [-0.2, 0) is 30.4 Å². The second-order valence-corrected chi connectivity index (χ2v) is 9.22. The third kappa shape index (κ3) is 10.1. The molecule has 12 nitrogen and oxygen atoms in total. The van der Waals surface area contributed by atoms with Crippen LogP contribution in [0.3, 0.4) is 0 Å². The van der Waals surface area contributed by atoms with E-state index in [1.807, 2.05) is 0 Å². The van der Waals surface area contributed by atoms with Gasteiger partial charge in [0, 0.05) is 0 Å². The van der Waals surface area contributed by atoms with Crippen LogP contribution in [0.15, 0.2) is 24.3 Å². The summed E-state index contributed by atoms with van der Waals surface area (Å²) in [4.78, 5) is 61.6. The molecule has 1 aromatic rings. The molecule has 0 saturated carbocycles. The molecule has 0 aliphatic heterocycles. The molecular formula is C25H38N4O8. The lowest BCUT2D eigenvalue weighted by atomic mass is 9.96. The van der Waals surface area contributed by atoms with Gasteiger partial charge in [-0.1, -0.05) is 52.7 Å². The minimum Gasteiger partial charge on any atom is -0.508 e. The summed E-state index contributed by atoms with van der Waals surface area (Å²) in [6.07, 6.45) is 0.263. The molecule has 0 radical (unpaired) electrons. The van der Waals surface area contributed by atoms with Crippen molar-refractivity contribution >= 4 is 29.7 Å². The zero-order valence-electron chi connectivity index (χ0n) is 21.6. The molecule has 206 valence electrons. The number of benzene rings is 1. The highest BCUT2D eigenvalue weighted by molar-refractivity contribution is 5.95. The van der Waals surface area contributed by atoms with E-state index in [1.54, 1.807) is 39.8 Å². The Labute approximate surface area is 216 Å². The highest BCUT2D eigenvalue weighted by Gasteiger charge is 2.34. The zero-order chi connectivity index (χ0) is 28.3. The predicted octanol–water partition coefficient (Wildman–Crippen LogP) is 0.368. The maximum Gasteiger partial charge on any atom is 0.326 e. The molecule has 12 heteroatoms. The number of rotatable bonds is 15. The number of nitrogens with one attached hydrogen (secondary N) is 3. The smallest absolute Gasteiger partial charge is 0.326 e. The molecular weight excluding hydrogens is 484 g/mol. The summed E-state index contributed by atoms with van der Waals surface area (Å²) in [5.74, 6) is -5.82. The first-order chi connectivity index (χ1) is 17.3. The van der Waals surface area contributed by atoms with Gasteiger partial charge >= 0.3 is 11.9 Å². The summed E-state index contributed by atoms with van der Waals surface area (Å²) in [5.41, 5.74) is 6.71. The van der Waals surface area contributed by atoms with E-state index in [1.165, 1.54) is 12.1 Å². The van der Waals surface area contributed by atoms with Crippen LogP contribution in [0.1, 0.15) is 52.5 Å². The van der Waals surface area contributed by atoms with Crippen LogP contribution in [0.5, 0.6) is 5.75 Å². The first-order valence-electron chi connectivity index (χ1n) is 12.2. The Kier molecular flexibility index (Phi) is 12.5. The average molecular weight is 523 g/mol. The lowest BCUT2D eigenvalue weighted by Gasteiger charge is -2.28. The summed E-state index contributed by atoms with van der Waals surface area (Å²) in [6, 6.07) is 1.16. The van der Waals surface area contributed by atoms with Gasteiger partial charge < -0.3 is 37.0 Å². The number of nitrogens with two attached hydrogens (primary N) is 1. The normalized spacial score (nSPS) is 15.8. The Morgan fingerprint density at radius 3 is 1.81 bits per heavy atom. The molecule has 0 aromatic heterocycles. The Morgan fingerprint density at radius 1 is 0.811 bits per heavy atom. The monoisotopic (exact) mass is 522 g/mol. The Hall–Kier alpha value is -3.67. The molecule has 0 saturated heterocycles. The summed E-state index contributed by atoms with van der Waals surface area (Å²) in [5, 5.41) is 35.4. The van der Waals surface area contributed by atoms with Crippen LogP contribution < -0.4 is 21.7 Å². The standard InChI is InChI=1S/C25H38N4O8/c1-5-13(3)20(28-22(33)17(26)11-15-7-9-16(30)10-8-15)24(35)27-18(12-19(31)32)23(34)29-21(25(36)37)14(4)6-2/h7-10,13-14,17-18,20-21,30H,5-6,11-12,26H2,1-4H3,(H,27,35)(H,28,33)(H,29,34)(H,31,32)(H,36,37). The van der Waals surface area contributed by atoms with E-state index in [0.29, 0.717) is 18.4 Å². The van der Waals surface area contributed by atoms with Gasteiger partial charge in [-0.2, -0.15) is 0 Å². The highest BCUT2D eigenvalue weighted by atomic mass is 16.4. The quantitative estimate of drug-likeness (QED) is 0.169. The number of carboxylic acid groups (broad SMARTS) is 2. The SMILES string of the molecule is CCC(C)C(NC(=O)C(CC(=O)O)NC(=O)C(NC(=O)C(N)Cc1ccc(O)cc1)C(C)CC)C(=O)O. The lowest BCUT2D eigenvalue weighted by Crippen LogP contribution is -2.59. The predicted molar refractivity (Wildman–Crippen MR) is 134 cm³/mol. The summed E-state index contributed by atoms with van der Waals surface area (Å²) >= 11 is 0. The molecule has 6 atom stereocenters. The van der Waals surface area contributed by atoms with Crippen LogP contribution in [0.25, 0.3) is 0 Å². The van der Waals surface area contributed by atoms with Crippen molar-refractivity contribution in [3.8, 4) is 5.75 Å². The molecule has 8 N–H and O–H groups in total. The van der Waals surface area contributed by atoms with Crippen molar-refractivity contribution in [1.82, 2.24) is 16.0 Å². The van der Waals surface area contributed by atoms with Crippen molar-refractivity contribution in [2.24, 2.45) is 17.6 Å². The van der Waals surface area contributed by atoms with Gasteiger partial charge in [-0.3, -0.25) is 19.2 Å². The van der Waals surface area contributed by atoms with Crippen molar-refractivity contribution in [1.29, 1.82) is 0 Å². The van der Waals surface area contributed by atoms with Crippen LogP contribution in [0, 0.1) is 11.8 Å². The van der Waals surface area contributed by atoms with Gasteiger partial charge in [-0.25, -0.2) is 4.79 Å². The number of aliphatic carboxylic acids is 2. The Balaban J connectivity index is 3.02. The van der Waals surface area contributed by atoms with Gasteiger partial charge in [0.25, 0.3) is 0 Å². The van der Waals surface area contributed by atoms with Crippen molar-refractivity contribution in [3.63, 3.8) is 0 Å². The van der Waals surface area contributed by atoms with Crippen molar-refractivity contribution in [2.75, 3.05) is 0 Å². The first kappa shape index (κ1) is 31.4. The second kappa shape index (κ2) is 14.8. The molecule has 1 rings (SSSR count). The number of hydrogen-bond acceptors (Lipinski definition) is 7. The van der Waals surface area contributed by atoms with Gasteiger partial charge in [0.05, 0.1) is 12.5 Å². The molecule has 6 unspecified atom stereocenters. The lowest BCUT2D eigenvalue weighted by molar-refractivity contribution is -0.144. The molecule has 0 bridgehead atoms. The topological polar surface area (TPSA) is 208 Å². The fourth-order valence-corrected chi connectivity index (χ4v) is 3.52. The van der Waals surface area contributed by atoms with Gasteiger partial charge in [-0.15, -0.1) is 0 Å². The fourth-order valence-electron chi connectivity index (χ4n) is 3.52. The van der Waals surface area contributed by atoms with Gasteiger partial charge in [0.15, 0.2) is 0 Å². The van der Waals surface area contributed by atoms with Crippen LogP contribution in [-0.4, -0.2) is 69.1 Å². The maximum absolute atomic E-state index is 13.1. The number of carboxylic acids is 2. The highest BCUT2D eigenvalue weighted by Crippen LogP contribution is 2.13. The molecule has 0 spiro atoms. The van der Waals surface area contributed by atoms with E-state index in [2.05, 4.69) is 16.0 Å². The summed E-state index contributed by atoms with van der Waals surface area (Å²) in [6.45, 7) is 6.86. The minimum absolute atomic E-state index is 0.0639. The van der Waals surface area contributed by atoms with E-state index in [9.17, 15) is 39.3 Å². The summed E-state index contributed by atoms with van der Waals surface area (Å²) < 4.78 is 0. The maximum atomic E-state index is 13.1. The zero-order valence-corrected chi connectivity index (χ0v) is 21.6. The number of phenols is 1. The van der Waals surface area contributed by atoms with Crippen LogP contribution in [0.4, 0.5) is 0 Å². The van der Waals surface area contributed by atoms with Gasteiger partial charge in [0.1, 0.15) is 23.9 Å². The van der Waals surface area contributed by atoms with E-state index in [-0.39, 0.29) is 12.2 Å². The van der Waals surface area contributed by atoms with E-state index >= 15 is 0 Å². The third-order valence-electron chi connectivity index (χ3n) is 6.31.